The predicted octanol–water partition coefficient (Wildman–Crippen LogP) is 4.59. The highest BCUT2D eigenvalue weighted by atomic mass is 31.2. The third-order valence-corrected chi connectivity index (χ3v) is 3.80. The normalized spacial score (nSPS) is 15.8. The molecule has 1 aromatic carbocycles. The van der Waals surface area contributed by atoms with E-state index in [1.54, 1.807) is 0 Å². The Hall–Kier alpha value is -1.21. The van der Waals surface area contributed by atoms with Crippen molar-refractivity contribution < 1.29 is 40.0 Å². The molecular weight excluding hydrogens is 313 g/mol. The van der Waals surface area contributed by atoms with Crippen molar-refractivity contribution in [2.24, 2.45) is 0 Å². The molecule has 0 fully saturated rings. The Morgan fingerprint density at radius 3 is 2.15 bits per heavy atom. The topological polar surface area (TPSA) is 35.5 Å². The Labute approximate surface area is 110 Å². The van der Waals surface area contributed by atoms with Crippen LogP contribution in [0, 0.1) is 5.82 Å². The number of halogens is 6. The first-order chi connectivity index (χ1) is 9.01. The molecule has 0 aromatic heterocycles. The number of hydrogen-bond donors (Lipinski definition) is 0. The van der Waals surface area contributed by atoms with E-state index in [4.69, 9.17) is 0 Å². The first kappa shape index (κ1) is 16.8. The van der Waals surface area contributed by atoms with Crippen LogP contribution in [0.1, 0.15) is 6.92 Å². The second-order valence-corrected chi connectivity index (χ2v) is 5.77. The summed E-state index contributed by atoms with van der Waals surface area (Å²) in [5, 5.41) is 0. The summed E-state index contributed by atoms with van der Waals surface area (Å²) in [7, 11) is -4.88. The van der Waals surface area contributed by atoms with E-state index in [1.165, 1.54) is 12.1 Å². The van der Waals surface area contributed by atoms with Gasteiger partial charge in [0.15, 0.2) is 11.6 Å². The van der Waals surface area contributed by atoms with Gasteiger partial charge in [0.05, 0.1) is 6.16 Å². The molecule has 10 heteroatoms. The van der Waals surface area contributed by atoms with Crippen LogP contribution in [-0.4, -0.2) is 18.4 Å². The minimum atomic E-state index is -6.06. The molecule has 0 spiro atoms. The zero-order chi connectivity index (χ0) is 15.6. The van der Waals surface area contributed by atoms with Gasteiger partial charge in [0.2, 0.25) is 0 Å². The zero-order valence-electron chi connectivity index (χ0n) is 9.96. The smallest absolute Gasteiger partial charge is 0.421 e. The Morgan fingerprint density at radius 1 is 1.15 bits per heavy atom. The fourth-order valence-electron chi connectivity index (χ4n) is 1.04. The highest BCUT2D eigenvalue weighted by molar-refractivity contribution is 7.54. The average molecular weight is 322 g/mol. The molecule has 0 amide bonds. The largest absolute Gasteiger partial charge is 0.483 e. The summed E-state index contributed by atoms with van der Waals surface area (Å²) in [5.41, 5.74) is 0. The van der Waals surface area contributed by atoms with E-state index in [9.17, 15) is 30.9 Å². The van der Waals surface area contributed by atoms with Gasteiger partial charge >= 0.3 is 19.9 Å². The van der Waals surface area contributed by atoms with Crippen LogP contribution in [0.2, 0.25) is 0 Å². The first-order valence-electron chi connectivity index (χ1n) is 5.19. The number of rotatable bonds is 5. The van der Waals surface area contributed by atoms with Crippen molar-refractivity contribution in [2.45, 2.75) is 19.2 Å². The number of alkyl halides is 5. The van der Waals surface area contributed by atoms with E-state index >= 15 is 0 Å². The van der Waals surface area contributed by atoms with Crippen molar-refractivity contribution in [1.29, 1.82) is 0 Å². The van der Waals surface area contributed by atoms with Crippen LogP contribution in [0.3, 0.4) is 0 Å². The number of para-hydroxylation sites is 1. The quantitative estimate of drug-likeness (QED) is 0.587. The lowest BCUT2D eigenvalue weighted by Gasteiger charge is -2.25. The summed E-state index contributed by atoms with van der Waals surface area (Å²) in [6.45, 7) is 1.01. The van der Waals surface area contributed by atoms with E-state index in [-0.39, 0.29) is 0 Å². The van der Waals surface area contributed by atoms with Gasteiger partial charge in [0.1, 0.15) is 0 Å². The maximum atomic E-state index is 13.2. The lowest BCUT2D eigenvalue weighted by atomic mass is 10.3. The molecule has 0 radical (unpaired) electrons. The molecule has 114 valence electrons. The lowest BCUT2D eigenvalue weighted by molar-refractivity contribution is -0.362. The van der Waals surface area contributed by atoms with Gasteiger partial charge in [-0.2, -0.15) is 22.0 Å². The average Bonchev–Trinajstić information content (AvgIpc) is 2.30. The Kier molecular flexibility index (Phi) is 4.76. The van der Waals surface area contributed by atoms with Gasteiger partial charge in [-0.3, -0.25) is 0 Å². The van der Waals surface area contributed by atoms with Crippen LogP contribution in [0.4, 0.5) is 26.3 Å². The fourth-order valence-corrected chi connectivity index (χ4v) is 2.24. The summed E-state index contributed by atoms with van der Waals surface area (Å²) >= 11 is 0. The number of benzene rings is 1. The third kappa shape index (κ3) is 3.89. The molecule has 1 aromatic rings. The van der Waals surface area contributed by atoms with Crippen LogP contribution in [0.5, 0.6) is 5.75 Å². The molecule has 0 aliphatic heterocycles. The Bertz CT molecular complexity index is 516. The van der Waals surface area contributed by atoms with E-state index < -0.39 is 37.6 Å². The monoisotopic (exact) mass is 322 g/mol. The minimum Gasteiger partial charge on any atom is -0.421 e. The van der Waals surface area contributed by atoms with Crippen molar-refractivity contribution in [2.75, 3.05) is 6.16 Å². The zero-order valence-corrected chi connectivity index (χ0v) is 10.9. The summed E-state index contributed by atoms with van der Waals surface area (Å²) < 4.78 is 94.1. The molecular formula is C10H9F6O3P. The molecule has 0 saturated carbocycles. The predicted molar refractivity (Wildman–Crippen MR) is 57.3 cm³/mol. The first-order valence-corrected chi connectivity index (χ1v) is 6.92. The van der Waals surface area contributed by atoms with Gasteiger partial charge in [-0.25, -0.2) is 13.5 Å². The molecule has 0 N–H and O–H groups in total. The molecule has 0 aliphatic rings. The third-order valence-electron chi connectivity index (χ3n) is 2.05. The van der Waals surface area contributed by atoms with E-state index in [2.05, 4.69) is 9.05 Å². The second-order valence-electron chi connectivity index (χ2n) is 3.55. The molecule has 1 atom stereocenters. The van der Waals surface area contributed by atoms with Crippen LogP contribution in [-0.2, 0) is 9.09 Å². The van der Waals surface area contributed by atoms with Crippen molar-refractivity contribution in [1.82, 2.24) is 0 Å². The molecule has 3 nitrogen and oxygen atoms in total. The van der Waals surface area contributed by atoms with Gasteiger partial charge < -0.3 is 4.52 Å². The van der Waals surface area contributed by atoms with Crippen LogP contribution in [0.25, 0.3) is 0 Å². The van der Waals surface area contributed by atoms with Crippen LogP contribution in [0.15, 0.2) is 24.3 Å². The Balaban J connectivity index is 3.00. The standard InChI is InChI=1S/C10H9F6O3P/c1-2-20(17,19-10(15,16)9(12,13)14)18-8-6-4-3-5-7(8)11/h3-6H,2H2,1H3. The highest BCUT2D eigenvalue weighted by Crippen LogP contribution is 2.55. The van der Waals surface area contributed by atoms with Crippen LogP contribution >= 0.6 is 7.60 Å². The Morgan fingerprint density at radius 2 is 1.70 bits per heavy atom. The van der Waals surface area contributed by atoms with Gasteiger partial charge in [0, 0.05) is 0 Å². The van der Waals surface area contributed by atoms with Gasteiger partial charge in [-0.1, -0.05) is 19.1 Å². The summed E-state index contributed by atoms with van der Waals surface area (Å²) in [6.07, 6.45) is -12.5. The van der Waals surface area contributed by atoms with Crippen molar-refractivity contribution >= 4 is 7.60 Å². The number of hydrogen-bond acceptors (Lipinski definition) is 3. The maximum Gasteiger partial charge on any atom is 0.483 e. The highest BCUT2D eigenvalue weighted by Gasteiger charge is 2.63. The second kappa shape index (κ2) is 5.65. The maximum absolute atomic E-state index is 13.2. The lowest BCUT2D eigenvalue weighted by Crippen LogP contribution is -2.38. The molecule has 1 rings (SSSR count). The fraction of sp³-hybridized carbons (Fsp3) is 0.400. The van der Waals surface area contributed by atoms with E-state index in [0.717, 1.165) is 19.1 Å². The summed E-state index contributed by atoms with van der Waals surface area (Å²) in [5.74, 6) is -1.81. The van der Waals surface area contributed by atoms with Gasteiger partial charge in [-0.05, 0) is 12.1 Å². The van der Waals surface area contributed by atoms with E-state index in [0.29, 0.717) is 0 Å². The van der Waals surface area contributed by atoms with Gasteiger partial charge in [0.25, 0.3) is 0 Å². The van der Waals surface area contributed by atoms with Gasteiger partial charge in [-0.15, -0.1) is 0 Å². The summed E-state index contributed by atoms with van der Waals surface area (Å²) in [6, 6.07) is 4.23. The molecule has 1 unspecified atom stereocenters. The molecule has 0 heterocycles. The van der Waals surface area contributed by atoms with Crippen molar-refractivity contribution in [3.63, 3.8) is 0 Å². The molecule has 0 bridgehead atoms. The molecule has 20 heavy (non-hydrogen) atoms. The van der Waals surface area contributed by atoms with Crippen molar-refractivity contribution in [3.05, 3.63) is 30.1 Å². The summed E-state index contributed by atoms with van der Waals surface area (Å²) in [4.78, 5) is 0. The molecule has 0 aliphatic carbocycles. The van der Waals surface area contributed by atoms with Crippen LogP contribution < -0.4 is 4.52 Å². The molecule has 0 saturated heterocycles. The minimum absolute atomic E-state index is 0.740. The SMILES string of the molecule is CCP(=O)(Oc1ccccc1F)OC(F)(F)C(F)(F)F. The van der Waals surface area contributed by atoms with E-state index in [1.807, 2.05) is 0 Å². The van der Waals surface area contributed by atoms with Crippen molar-refractivity contribution in [3.8, 4) is 5.75 Å².